The highest BCUT2D eigenvalue weighted by molar-refractivity contribution is 9.10. The van der Waals surface area contributed by atoms with Gasteiger partial charge >= 0.3 is 5.97 Å². The van der Waals surface area contributed by atoms with Crippen molar-refractivity contribution in [1.82, 2.24) is 5.48 Å². The normalized spacial score (nSPS) is 16.8. The van der Waals surface area contributed by atoms with Crippen molar-refractivity contribution in [2.45, 2.75) is 26.2 Å². The van der Waals surface area contributed by atoms with Gasteiger partial charge in [0.05, 0.1) is 12.3 Å². The van der Waals surface area contributed by atoms with E-state index in [-0.39, 0.29) is 12.5 Å². The number of nitrogens with zero attached hydrogens (tertiary/aromatic N) is 1. The molecule has 0 saturated carbocycles. The van der Waals surface area contributed by atoms with Crippen LogP contribution < -0.4 is 10.4 Å². The molecule has 2 amide bonds. The summed E-state index contributed by atoms with van der Waals surface area (Å²) in [4.78, 5) is 42.4. The van der Waals surface area contributed by atoms with E-state index in [0.29, 0.717) is 19.6 Å². The number of hydroxylamine groups is 1. The minimum atomic E-state index is -0.830. The molecule has 0 aliphatic carbocycles. The van der Waals surface area contributed by atoms with Crippen molar-refractivity contribution in [2.75, 3.05) is 24.7 Å². The molecule has 0 spiro atoms. The van der Waals surface area contributed by atoms with Gasteiger partial charge in [-0.3, -0.25) is 14.4 Å². The lowest BCUT2D eigenvalue weighted by Crippen LogP contribution is -2.37. The van der Waals surface area contributed by atoms with Crippen molar-refractivity contribution in [1.29, 1.82) is 0 Å². The van der Waals surface area contributed by atoms with E-state index in [1.807, 2.05) is 31.2 Å². The minimum absolute atomic E-state index is 0.293. The maximum absolute atomic E-state index is 12.5. The third-order valence-corrected chi connectivity index (χ3v) is 4.46. The number of esters is 1. The third kappa shape index (κ3) is 5.27. The number of hydrogen-bond donors (Lipinski definition) is 1. The summed E-state index contributed by atoms with van der Waals surface area (Å²) in [5, 5.41) is 0. The van der Waals surface area contributed by atoms with Crippen LogP contribution in [0.2, 0.25) is 0 Å². The molecule has 1 aliphatic rings. The van der Waals surface area contributed by atoms with Gasteiger partial charge in [-0.25, -0.2) is 10.3 Å². The van der Waals surface area contributed by atoms with E-state index < -0.39 is 17.8 Å². The maximum atomic E-state index is 12.5. The Bertz CT molecular complexity index is 637. The lowest BCUT2D eigenvalue weighted by Gasteiger charge is -2.18. The van der Waals surface area contributed by atoms with Crippen LogP contribution in [0.1, 0.15) is 26.2 Å². The monoisotopic (exact) mass is 412 g/mol. The van der Waals surface area contributed by atoms with Gasteiger partial charge in [-0.2, -0.15) is 0 Å². The molecule has 0 radical (unpaired) electrons. The molecular formula is C17H21BrN2O5. The van der Waals surface area contributed by atoms with Gasteiger partial charge in [-0.05, 0) is 40.9 Å². The highest BCUT2D eigenvalue weighted by Gasteiger charge is 2.38. The third-order valence-electron chi connectivity index (χ3n) is 3.79. The van der Waals surface area contributed by atoms with Gasteiger partial charge in [0.1, 0.15) is 5.92 Å². The smallest absolute Gasteiger partial charge is 0.334 e. The summed E-state index contributed by atoms with van der Waals surface area (Å²) in [5.74, 6) is -2.23. The van der Waals surface area contributed by atoms with E-state index >= 15 is 0 Å². The van der Waals surface area contributed by atoms with E-state index in [9.17, 15) is 14.4 Å². The first kappa shape index (κ1) is 19.4. The van der Waals surface area contributed by atoms with Crippen LogP contribution >= 0.6 is 15.9 Å². The molecule has 1 unspecified atom stereocenters. The predicted octanol–water partition coefficient (Wildman–Crippen LogP) is 2.19. The maximum Gasteiger partial charge on any atom is 0.334 e. The van der Waals surface area contributed by atoms with Crippen LogP contribution in [0.5, 0.6) is 0 Å². The molecule has 25 heavy (non-hydrogen) atoms. The second-order valence-corrected chi connectivity index (χ2v) is 6.47. The zero-order valence-corrected chi connectivity index (χ0v) is 15.6. The Morgan fingerprint density at radius 3 is 2.84 bits per heavy atom. The second kappa shape index (κ2) is 9.53. The lowest BCUT2D eigenvalue weighted by molar-refractivity contribution is -0.156. The van der Waals surface area contributed by atoms with E-state index in [4.69, 9.17) is 9.57 Å². The summed E-state index contributed by atoms with van der Waals surface area (Å²) >= 11 is 3.40. The summed E-state index contributed by atoms with van der Waals surface area (Å²) in [5.41, 5.74) is 2.89. The van der Waals surface area contributed by atoms with Crippen molar-refractivity contribution < 1.29 is 24.0 Å². The minimum Gasteiger partial charge on any atom is -0.464 e. The fraction of sp³-hybridized carbons (Fsp3) is 0.471. The Morgan fingerprint density at radius 2 is 2.12 bits per heavy atom. The first-order chi connectivity index (χ1) is 12.0. The average molecular weight is 413 g/mol. The van der Waals surface area contributed by atoms with Gasteiger partial charge in [0.15, 0.2) is 6.61 Å². The van der Waals surface area contributed by atoms with Gasteiger partial charge in [-0.15, -0.1) is 0 Å². The van der Waals surface area contributed by atoms with Crippen LogP contribution in [0, 0.1) is 5.92 Å². The molecule has 7 nitrogen and oxygen atoms in total. The number of halogens is 1. The topological polar surface area (TPSA) is 84.9 Å². The predicted molar refractivity (Wildman–Crippen MR) is 94.6 cm³/mol. The van der Waals surface area contributed by atoms with E-state index in [0.717, 1.165) is 23.0 Å². The summed E-state index contributed by atoms with van der Waals surface area (Å²) in [7, 11) is 0. The Hall–Kier alpha value is -1.93. The molecule has 1 fully saturated rings. The van der Waals surface area contributed by atoms with Gasteiger partial charge in [0, 0.05) is 11.0 Å². The molecule has 1 N–H and O–H groups in total. The summed E-state index contributed by atoms with van der Waals surface area (Å²) in [6, 6.07) is 7.33. The summed E-state index contributed by atoms with van der Waals surface area (Å²) in [6.45, 7) is 2.37. The van der Waals surface area contributed by atoms with E-state index in [1.54, 1.807) is 4.90 Å². The lowest BCUT2D eigenvalue weighted by atomic mass is 10.1. The van der Waals surface area contributed by atoms with Crippen molar-refractivity contribution in [2.24, 2.45) is 5.92 Å². The summed E-state index contributed by atoms with van der Waals surface area (Å²) in [6.07, 6.45) is 2.08. The molecular weight excluding hydrogens is 392 g/mol. The van der Waals surface area contributed by atoms with Crippen LogP contribution in [0.25, 0.3) is 0 Å². The van der Waals surface area contributed by atoms with Crippen molar-refractivity contribution in [3.05, 3.63) is 28.7 Å². The number of nitrogens with one attached hydrogen (secondary N) is 1. The molecule has 1 aliphatic heterocycles. The second-order valence-electron chi connectivity index (χ2n) is 5.61. The van der Waals surface area contributed by atoms with Crippen LogP contribution in [-0.4, -0.2) is 37.5 Å². The Morgan fingerprint density at radius 1 is 1.36 bits per heavy atom. The molecule has 1 atom stereocenters. The quantitative estimate of drug-likeness (QED) is 0.306. The molecule has 8 heteroatoms. The number of hydrogen-bond acceptors (Lipinski definition) is 5. The number of amides is 2. The van der Waals surface area contributed by atoms with Gasteiger partial charge in [-0.1, -0.05) is 25.5 Å². The fourth-order valence-electron chi connectivity index (χ4n) is 2.44. The molecule has 2 rings (SSSR count). The molecule has 0 bridgehead atoms. The molecule has 136 valence electrons. The van der Waals surface area contributed by atoms with E-state index in [2.05, 4.69) is 21.4 Å². The Labute approximate surface area is 154 Å². The van der Waals surface area contributed by atoms with Crippen molar-refractivity contribution in [3.8, 4) is 0 Å². The molecule has 1 aromatic carbocycles. The first-order valence-electron chi connectivity index (χ1n) is 8.17. The molecule has 1 saturated heterocycles. The van der Waals surface area contributed by atoms with Crippen LogP contribution in [0.4, 0.5) is 5.69 Å². The number of benzene rings is 1. The molecule has 0 aromatic heterocycles. The van der Waals surface area contributed by atoms with Gasteiger partial charge in [0.2, 0.25) is 5.91 Å². The number of unbranched alkanes of at least 4 members (excludes halogenated alkanes) is 1. The Balaban J connectivity index is 1.80. The SMILES string of the molecule is CCCCOC(=O)CONC(=O)C1CCN(c2ccccc2Br)C1=O. The highest BCUT2D eigenvalue weighted by atomic mass is 79.9. The van der Waals surface area contributed by atoms with Crippen molar-refractivity contribution >= 4 is 39.4 Å². The standard InChI is InChI=1S/C17H21BrN2O5/c1-2-3-10-24-15(21)11-25-19-16(22)12-8-9-20(17(12)23)14-7-5-4-6-13(14)18/h4-7,12H,2-3,8-11H2,1H3,(H,19,22). The van der Waals surface area contributed by atoms with Crippen molar-refractivity contribution in [3.63, 3.8) is 0 Å². The van der Waals surface area contributed by atoms with Crippen LogP contribution in [-0.2, 0) is 24.0 Å². The number of carbonyl (C=O) groups is 3. The first-order valence-corrected chi connectivity index (χ1v) is 8.97. The highest BCUT2D eigenvalue weighted by Crippen LogP contribution is 2.31. The molecule has 1 aromatic rings. The number of rotatable bonds is 8. The Kier molecular flexibility index (Phi) is 7.39. The zero-order valence-electron chi connectivity index (χ0n) is 14.0. The number of carbonyl (C=O) groups excluding carboxylic acids is 3. The summed E-state index contributed by atoms with van der Waals surface area (Å²) < 4.78 is 5.69. The van der Waals surface area contributed by atoms with E-state index in [1.165, 1.54) is 0 Å². The van der Waals surface area contributed by atoms with Crippen LogP contribution in [0.3, 0.4) is 0 Å². The number of ether oxygens (including phenoxy) is 1. The zero-order chi connectivity index (χ0) is 18.2. The van der Waals surface area contributed by atoms with Crippen LogP contribution in [0.15, 0.2) is 28.7 Å². The van der Waals surface area contributed by atoms with Gasteiger partial charge < -0.3 is 9.64 Å². The number of anilines is 1. The average Bonchev–Trinajstić information content (AvgIpc) is 2.97. The largest absolute Gasteiger partial charge is 0.464 e. The number of para-hydroxylation sites is 1. The van der Waals surface area contributed by atoms with Gasteiger partial charge in [0.25, 0.3) is 5.91 Å². The fourth-order valence-corrected chi connectivity index (χ4v) is 2.94. The molecule has 1 heterocycles.